The lowest BCUT2D eigenvalue weighted by Crippen LogP contribution is -2.45. The highest BCUT2D eigenvalue weighted by Gasteiger charge is 2.18. The molecule has 6 nitrogen and oxygen atoms in total. The quantitative estimate of drug-likeness (QED) is 0.0321. The standard InChI is InChI=1S/C62H117NO5/c1-3-5-7-9-11-13-15-17-19-21-23-24-26-27-29-31-34-38-42-46-50-54-60(65)59(58-64)63-61(66)55-51-47-43-39-35-33-37-41-45-49-53-57-68-62(67)56-52-48-44-40-36-32-30-28-25-22-20-18-16-14-12-10-8-6-4-2/h12,14,18,20,50,54,59-60,64-65H,3-11,13,15-17,19,21-49,51-53,55-58H2,1-2H3,(H,63,66)/b14-12-,20-18-,54-50+. The Kier molecular flexibility index (Phi) is 56.0. The van der Waals surface area contributed by atoms with Crippen LogP contribution in [0.2, 0.25) is 0 Å². The molecule has 0 saturated heterocycles. The van der Waals surface area contributed by atoms with Crippen LogP contribution in [0.5, 0.6) is 0 Å². The van der Waals surface area contributed by atoms with Crippen molar-refractivity contribution >= 4 is 11.9 Å². The second-order valence-corrected chi connectivity index (χ2v) is 20.7. The first-order chi connectivity index (χ1) is 33.5. The van der Waals surface area contributed by atoms with Gasteiger partial charge in [-0.05, 0) is 64.2 Å². The van der Waals surface area contributed by atoms with E-state index in [2.05, 4.69) is 43.5 Å². The number of carbonyl (C=O) groups is 2. The SMILES string of the molecule is CCCCC/C=C\C/C=C\CCCCCCCCCCCC(=O)OCCCCCCCCCCCCCC(=O)NC(CO)C(O)/C=C/CCCCCCCCCCCCCCCCCCCCC. The van der Waals surface area contributed by atoms with Gasteiger partial charge in [0.1, 0.15) is 0 Å². The topological polar surface area (TPSA) is 95.9 Å². The van der Waals surface area contributed by atoms with Crippen LogP contribution in [0.4, 0.5) is 0 Å². The highest BCUT2D eigenvalue weighted by Crippen LogP contribution is 2.17. The van der Waals surface area contributed by atoms with Crippen molar-refractivity contribution in [2.75, 3.05) is 13.2 Å². The normalized spacial score (nSPS) is 12.8. The molecule has 3 N–H and O–H groups in total. The van der Waals surface area contributed by atoms with Gasteiger partial charge in [0.05, 0.1) is 25.4 Å². The maximum atomic E-state index is 12.5. The Morgan fingerprint density at radius 2 is 0.735 bits per heavy atom. The van der Waals surface area contributed by atoms with Crippen LogP contribution in [0, 0.1) is 0 Å². The van der Waals surface area contributed by atoms with Crippen LogP contribution >= 0.6 is 0 Å². The number of hydrogen-bond donors (Lipinski definition) is 3. The molecule has 68 heavy (non-hydrogen) atoms. The molecule has 0 saturated carbocycles. The Balaban J connectivity index is 3.49. The van der Waals surface area contributed by atoms with Crippen molar-refractivity contribution in [1.29, 1.82) is 0 Å². The number of aliphatic hydroxyl groups excluding tert-OH is 2. The minimum atomic E-state index is -0.858. The second kappa shape index (κ2) is 57.7. The van der Waals surface area contributed by atoms with E-state index in [0.717, 1.165) is 64.2 Å². The maximum absolute atomic E-state index is 12.5. The summed E-state index contributed by atoms with van der Waals surface area (Å²) in [4.78, 5) is 24.6. The predicted molar refractivity (Wildman–Crippen MR) is 296 cm³/mol. The number of allylic oxidation sites excluding steroid dienone is 5. The zero-order valence-corrected chi connectivity index (χ0v) is 45.6. The number of esters is 1. The van der Waals surface area contributed by atoms with Gasteiger partial charge < -0.3 is 20.3 Å². The third-order valence-corrected chi connectivity index (χ3v) is 13.9. The molecule has 0 bridgehead atoms. The van der Waals surface area contributed by atoms with Gasteiger partial charge >= 0.3 is 5.97 Å². The molecular weight excluding hydrogens is 839 g/mol. The van der Waals surface area contributed by atoms with Gasteiger partial charge in [0, 0.05) is 12.8 Å². The first kappa shape index (κ1) is 66.1. The van der Waals surface area contributed by atoms with Crippen molar-refractivity contribution in [3.63, 3.8) is 0 Å². The number of rotatable bonds is 56. The fraction of sp³-hybridized carbons (Fsp3) is 0.871. The monoisotopic (exact) mass is 956 g/mol. The predicted octanol–water partition coefficient (Wildman–Crippen LogP) is 18.8. The van der Waals surface area contributed by atoms with Crippen molar-refractivity contribution < 1.29 is 24.5 Å². The molecule has 0 rings (SSSR count). The van der Waals surface area contributed by atoms with Crippen LogP contribution < -0.4 is 5.32 Å². The number of aliphatic hydroxyl groups is 2. The average Bonchev–Trinajstić information content (AvgIpc) is 3.34. The number of unbranched alkanes of at least 4 members (excludes halogenated alkanes) is 41. The molecule has 2 unspecified atom stereocenters. The lowest BCUT2D eigenvalue weighted by Gasteiger charge is -2.20. The zero-order valence-electron chi connectivity index (χ0n) is 45.6. The molecule has 0 spiro atoms. The smallest absolute Gasteiger partial charge is 0.305 e. The van der Waals surface area contributed by atoms with Crippen LogP contribution in [0.1, 0.15) is 322 Å². The van der Waals surface area contributed by atoms with Gasteiger partial charge in [-0.25, -0.2) is 0 Å². The Morgan fingerprint density at radius 3 is 1.15 bits per heavy atom. The molecule has 0 radical (unpaired) electrons. The van der Waals surface area contributed by atoms with E-state index in [0.29, 0.717) is 19.4 Å². The minimum absolute atomic E-state index is 0.0187. The summed E-state index contributed by atoms with van der Waals surface area (Å²) in [6.45, 7) is 4.85. The van der Waals surface area contributed by atoms with Gasteiger partial charge in [-0.15, -0.1) is 0 Å². The molecule has 0 aliphatic rings. The largest absolute Gasteiger partial charge is 0.466 e. The van der Waals surface area contributed by atoms with E-state index in [9.17, 15) is 19.8 Å². The molecule has 0 aromatic heterocycles. The summed E-state index contributed by atoms with van der Waals surface area (Å²) in [5.41, 5.74) is 0. The number of hydrogen-bond acceptors (Lipinski definition) is 5. The van der Waals surface area contributed by atoms with E-state index in [1.165, 1.54) is 231 Å². The molecule has 6 heteroatoms. The van der Waals surface area contributed by atoms with Gasteiger partial charge in [-0.3, -0.25) is 9.59 Å². The van der Waals surface area contributed by atoms with Crippen molar-refractivity contribution in [2.45, 2.75) is 334 Å². The summed E-state index contributed by atoms with van der Waals surface area (Å²) in [6, 6.07) is -0.644. The van der Waals surface area contributed by atoms with Crippen LogP contribution in [0.25, 0.3) is 0 Å². The van der Waals surface area contributed by atoms with Crippen LogP contribution in [-0.4, -0.2) is 47.4 Å². The first-order valence-electron chi connectivity index (χ1n) is 30.3. The van der Waals surface area contributed by atoms with E-state index >= 15 is 0 Å². The molecule has 0 heterocycles. The van der Waals surface area contributed by atoms with E-state index in [4.69, 9.17) is 4.74 Å². The van der Waals surface area contributed by atoms with E-state index in [1.807, 2.05) is 6.08 Å². The summed E-state index contributed by atoms with van der Waals surface area (Å²) < 4.78 is 5.48. The summed E-state index contributed by atoms with van der Waals surface area (Å²) in [7, 11) is 0. The van der Waals surface area contributed by atoms with Gasteiger partial charge in [-0.2, -0.15) is 0 Å². The van der Waals surface area contributed by atoms with Crippen LogP contribution in [0.15, 0.2) is 36.5 Å². The summed E-state index contributed by atoms with van der Waals surface area (Å²) in [6.07, 6.45) is 71.7. The molecule has 0 aromatic carbocycles. The minimum Gasteiger partial charge on any atom is -0.466 e. The Labute approximate surface area is 424 Å². The average molecular weight is 957 g/mol. The maximum Gasteiger partial charge on any atom is 0.305 e. The number of amides is 1. The van der Waals surface area contributed by atoms with E-state index < -0.39 is 12.1 Å². The molecule has 0 fully saturated rings. The third-order valence-electron chi connectivity index (χ3n) is 13.9. The van der Waals surface area contributed by atoms with E-state index in [1.54, 1.807) is 6.08 Å². The molecule has 1 amide bonds. The van der Waals surface area contributed by atoms with Gasteiger partial charge in [0.15, 0.2) is 0 Å². The summed E-state index contributed by atoms with van der Waals surface area (Å²) in [5.74, 6) is -0.103. The number of carbonyl (C=O) groups excluding carboxylic acids is 2. The second-order valence-electron chi connectivity index (χ2n) is 20.7. The van der Waals surface area contributed by atoms with Gasteiger partial charge in [0.25, 0.3) is 0 Å². The Hall–Kier alpha value is -1.92. The summed E-state index contributed by atoms with van der Waals surface area (Å²) >= 11 is 0. The van der Waals surface area contributed by atoms with Gasteiger partial charge in [-0.1, -0.05) is 281 Å². The molecule has 0 aliphatic heterocycles. The van der Waals surface area contributed by atoms with Crippen molar-refractivity contribution in [1.82, 2.24) is 5.32 Å². The Morgan fingerprint density at radius 1 is 0.412 bits per heavy atom. The Bertz CT molecular complexity index is 1100. The molecule has 400 valence electrons. The van der Waals surface area contributed by atoms with Crippen molar-refractivity contribution in [2.24, 2.45) is 0 Å². The van der Waals surface area contributed by atoms with Crippen LogP contribution in [-0.2, 0) is 14.3 Å². The summed E-state index contributed by atoms with van der Waals surface area (Å²) in [5, 5.41) is 23.2. The number of nitrogens with one attached hydrogen (secondary N) is 1. The fourth-order valence-corrected chi connectivity index (χ4v) is 9.25. The molecule has 0 aliphatic carbocycles. The van der Waals surface area contributed by atoms with Crippen molar-refractivity contribution in [3.05, 3.63) is 36.5 Å². The molecule has 0 aromatic rings. The molecular formula is C62H117NO5. The first-order valence-corrected chi connectivity index (χ1v) is 30.3. The fourth-order valence-electron chi connectivity index (χ4n) is 9.25. The van der Waals surface area contributed by atoms with Crippen LogP contribution in [0.3, 0.4) is 0 Å². The van der Waals surface area contributed by atoms with E-state index in [-0.39, 0.29) is 18.5 Å². The van der Waals surface area contributed by atoms with Gasteiger partial charge in [0.2, 0.25) is 5.91 Å². The third kappa shape index (κ3) is 53.4. The van der Waals surface area contributed by atoms with Crippen molar-refractivity contribution in [3.8, 4) is 0 Å². The molecule has 2 atom stereocenters. The lowest BCUT2D eigenvalue weighted by atomic mass is 10.0. The highest BCUT2D eigenvalue weighted by molar-refractivity contribution is 5.76. The zero-order chi connectivity index (χ0) is 49.3. The lowest BCUT2D eigenvalue weighted by molar-refractivity contribution is -0.143. The highest BCUT2D eigenvalue weighted by atomic mass is 16.5. The number of ether oxygens (including phenoxy) is 1.